The van der Waals surface area contributed by atoms with Crippen LogP contribution in [0.3, 0.4) is 0 Å². The van der Waals surface area contributed by atoms with Crippen molar-refractivity contribution in [1.29, 1.82) is 0 Å². The lowest BCUT2D eigenvalue weighted by atomic mass is 10.2. The maximum absolute atomic E-state index is 12.3. The fraction of sp³-hybridized carbons (Fsp3) is 0.143. The summed E-state index contributed by atoms with van der Waals surface area (Å²) in [5.74, 6) is -0.102. The third-order valence-corrected chi connectivity index (χ3v) is 5.04. The van der Waals surface area contributed by atoms with Crippen LogP contribution >= 0.6 is 39.9 Å². The quantitative estimate of drug-likeness (QED) is 0.307. The summed E-state index contributed by atoms with van der Waals surface area (Å²) in [4.78, 5) is 14.1. The minimum Gasteiger partial charge on any atom is -0.382 e. The molecule has 1 aliphatic heterocycles. The van der Waals surface area contributed by atoms with E-state index in [1.807, 2.05) is 0 Å². The van der Waals surface area contributed by atoms with Crippen molar-refractivity contribution in [2.75, 3.05) is 12.8 Å². The number of amides is 1. The molecular weight excluding hydrogens is 422 g/mol. The number of hydrogen-bond donors (Lipinski definition) is 0. The molecule has 2 rings (SSSR count). The lowest BCUT2D eigenvalue weighted by molar-refractivity contribution is -0.121. The van der Waals surface area contributed by atoms with Gasteiger partial charge in [0.25, 0.3) is 5.91 Å². The van der Waals surface area contributed by atoms with Crippen LogP contribution in [0.2, 0.25) is 0 Å². The number of thioether (sulfide) groups is 1. The molecule has 1 fully saturated rings. The number of hydrogen-bond acceptors (Lipinski definition) is 6. The van der Waals surface area contributed by atoms with Crippen LogP contribution in [-0.4, -0.2) is 36.3 Å². The monoisotopic (exact) mass is 433 g/mol. The van der Waals surface area contributed by atoms with Gasteiger partial charge in [0.15, 0.2) is 0 Å². The van der Waals surface area contributed by atoms with Crippen LogP contribution in [0.5, 0.6) is 5.75 Å². The Balaban J connectivity index is 2.43. The molecule has 9 heteroatoms. The number of thiocarbonyl (C=S) groups is 1. The second kappa shape index (κ2) is 7.16. The van der Waals surface area contributed by atoms with Crippen LogP contribution in [0.1, 0.15) is 5.56 Å². The molecular formula is C14H12BrNO4S3. The summed E-state index contributed by atoms with van der Waals surface area (Å²) < 4.78 is 28.8. The highest BCUT2D eigenvalue weighted by Crippen LogP contribution is 2.35. The molecule has 0 bridgehead atoms. The average Bonchev–Trinajstić information content (AvgIpc) is 2.69. The standard InChI is InChI=1S/C14H12BrNO4S3/c1-3-6-16-13(17)12(22-14(16)21)8-9-7-10(15)4-5-11(9)20-23(2,18)19/h3-5,7-8H,1,6H2,2H3/b12-8+. The van der Waals surface area contributed by atoms with E-state index in [1.54, 1.807) is 24.3 Å². The van der Waals surface area contributed by atoms with Crippen molar-refractivity contribution in [3.63, 3.8) is 0 Å². The molecule has 5 nitrogen and oxygen atoms in total. The number of carbonyl (C=O) groups excluding carboxylic acids is 1. The van der Waals surface area contributed by atoms with Gasteiger partial charge in [-0.1, -0.05) is 46.0 Å². The van der Waals surface area contributed by atoms with E-state index in [4.69, 9.17) is 16.4 Å². The van der Waals surface area contributed by atoms with Crippen molar-refractivity contribution in [2.45, 2.75) is 0 Å². The Hall–Kier alpha value is -1.16. The molecule has 0 radical (unpaired) electrons. The lowest BCUT2D eigenvalue weighted by Gasteiger charge is -2.10. The van der Waals surface area contributed by atoms with E-state index in [9.17, 15) is 13.2 Å². The van der Waals surface area contributed by atoms with Gasteiger partial charge in [-0.25, -0.2) is 0 Å². The van der Waals surface area contributed by atoms with E-state index in [-0.39, 0.29) is 11.7 Å². The molecule has 0 N–H and O–H groups in total. The molecule has 23 heavy (non-hydrogen) atoms. The topological polar surface area (TPSA) is 63.7 Å². The molecule has 0 spiro atoms. The van der Waals surface area contributed by atoms with Crippen molar-refractivity contribution < 1.29 is 17.4 Å². The molecule has 0 saturated carbocycles. The normalized spacial score (nSPS) is 17.0. The van der Waals surface area contributed by atoms with Gasteiger partial charge in [0, 0.05) is 16.6 Å². The molecule has 0 unspecified atom stereocenters. The molecule has 122 valence electrons. The van der Waals surface area contributed by atoms with Gasteiger partial charge in [0.2, 0.25) is 0 Å². The summed E-state index contributed by atoms with van der Waals surface area (Å²) >= 11 is 9.63. The number of rotatable bonds is 5. The molecule has 0 aliphatic carbocycles. The molecule has 1 heterocycles. The van der Waals surface area contributed by atoms with Crippen LogP contribution in [0.25, 0.3) is 6.08 Å². The molecule has 1 saturated heterocycles. The van der Waals surface area contributed by atoms with Crippen LogP contribution in [0.15, 0.2) is 40.2 Å². The van der Waals surface area contributed by atoms with E-state index in [1.165, 1.54) is 11.0 Å². The largest absolute Gasteiger partial charge is 0.382 e. The van der Waals surface area contributed by atoms with Gasteiger partial charge in [-0.15, -0.1) is 6.58 Å². The Kier molecular flexibility index (Phi) is 5.66. The van der Waals surface area contributed by atoms with Crippen molar-refractivity contribution in [3.05, 3.63) is 45.8 Å². The molecule has 1 aromatic carbocycles. The first-order valence-electron chi connectivity index (χ1n) is 6.26. The Morgan fingerprint density at radius 3 is 2.78 bits per heavy atom. The van der Waals surface area contributed by atoms with Gasteiger partial charge >= 0.3 is 10.1 Å². The Labute approximate surface area is 152 Å². The second-order valence-electron chi connectivity index (χ2n) is 4.55. The Bertz CT molecular complexity index is 817. The van der Waals surface area contributed by atoms with Crippen molar-refractivity contribution in [2.24, 2.45) is 0 Å². The SMILES string of the molecule is C=CCN1C(=O)/C(=C\c2cc(Br)ccc2OS(C)(=O)=O)SC1=S. The van der Waals surface area contributed by atoms with Gasteiger partial charge in [-0.05, 0) is 24.3 Å². The smallest absolute Gasteiger partial charge is 0.306 e. The zero-order valence-electron chi connectivity index (χ0n) is 12.0. The maximum atomic E-state index is 12.3. The van der Waals surface area contributed by atoms with E-state index in [0.717, 1.165) is 22.5 Å². The summed E-state index contributed by atoms with van der Waals surface area (Å²) in [5.41, 5.74) is 0.462. The summed E-state index contributed by atoms with van der Waals surface area (Å²) in [6.07, 6.45) is 4.11. The molecule has 1 aromatic rings. The van der Waals surface area contributed by atoms with Crippen LogP contribution < -0.4 is 4.18 Å². The summed E-state index contributed by atoms with van der Waals surface area (Å²) in [6.45, 7) is 3.92. The fourth-order valence-electron chi connectivity index (χ4n) is 1.80. The van der Waals surface area contributed by atoms with E-state index in [2.05, 4.69) is 22.5 Å². The predicted molar refractivity (Wildman–Crippen MR) is 99.7 cm³/mol. The number of halogens is 1. The van der Waals surface area contributed by atoms with Gasteiger partial charge < -0.3 is 4.18 Å². The lowest BCUT2D eigenvalue weighted by Crippen LogP contribution is -2.27. The first-order valence-corrected chi connectivity index (χ1v) is 10.1. The molecule has 1 amide bonds. The Morgan fingerprint density at radius 1 is 1.48 bits per heavy atom. The minimum absolute atomic E-state index is 0.143. The summed E-state index contributed by atoms with van der Waals surface area (Å²) in [7, 11) is -3.68. The summed E-state index contributed by atoms with van der Waals surface area (Å²) in [6, 6.07) is 4.84. The van der Waals surface area contributed by atoms with Gasteiger partial charge in [-0.2, -0.15) is 8.42 Å². The molecule has 0 atom stereocenters. The highest BCUT2D eigenvalue weighted by atomic mass is 79.9. The second-order valence-corrected chi connectivity index (χ2v) is 8.72. The Morgan fingerprint density at radius 2 is 2.17 bits per heavy atom. The van der Waals surface area contributed by atoms with Crippen molar-refractivity contribution in [3.8, 4) is 5.75 Å². The minimum atomic E-state index is -3.68. The highest BCUT2D eigenvalue weighted by molar-refractivity contribution is 9.10. The first kappa shape index (κ1) is 18.2. The maximum Gasteiger partial charge on any atom is 0.306 e. The third kappa shape index (κ3) is 4.66. The first-order chi connectivity index (χ1) is 10.7. The van der Waals surface area contributed by atoms with Crippen LogP contribution in [-0.2, 0) is 14.9 Å². The van der Waals surface area contributed by atoms with E-state index < -0.39 is 10.1 Å². The zero-order chi connectivity index (χ0) is 17.2. The van der Waals surface area contributed by atoms with Crippen molar-refractivity contribution in [1.82, 2.24) is 4.90 Å². The average molecular weight is 434 g/mol. The highest BCUT2D eigenvalue weighted by Gasteiger charge is 2.31. The van der Waals surface area contributed by atoms with E-state index >= 15 is 0 Å². The van der Waals surface area contributed by atoms with Gasteiger partial charge in [-0.3, -0.25) is 9.69 Å². The molecule has 1 aliphatic rings. The molecule has 0 aromatic heterocycles. The van der Waals surface area contributed by atoms with Gasteiger partial charge in [0.1, 0.15) is 10.1 Å². The zero-order valence-corrected chi connectivity index (χ0v) is 16.0. The fourth-order valence-corrected chi connectivity index (χ4v) is 3.92. The van der Waals surface area contributed by atoms with Crippen LogP contribution in [0, 0.1) is 0 Å². The summed E-state index contributed by atoms with van der Waals surface area (Å²) in [5, 5.41) is 0. The third-order valence-electron chi connectivity index (χ3n) is 2.68. The van der Waals surface area contributed by atoms with Crippen molar-refractivity contribution >= 4 is 66.3 Å². The number of nitrogens with zero attached hydrogens (tertiary/aromatic N) is 1. The number of carbonyl (C=O) groups is 1. The number of benzene rings is 1. The predicted octanol–water partition coefficient (Wildman–Crippen LogP) is 3.17. The van der Waals surface area contributed by atoms with Crippen LogP contribution in [0.4, 0.5) is 0 Å². The van der Waals surface area contributed by atoms with Gasteiger partial charge in [0.05, 0.1) is 11.2 Å². The van der Waals surface area contributed by atoms with E-state index in [0.29, 0.717) is 21.3 Å².